The smallest absolute Gasteiger partial charge is 0.137 e. The quantitative estimate of drug-likeness (QED) is 0.801. The summed E-state index contributed by atoms with van der Waals surface area (Å²) in [6.45, 7) is 1.75. The Bertz CT molecular complexity index is 596. The Morgan fingerprint density at radius 1 is 1.11 bits per heavy atom. The van der Waals surface area contributed by atoms with Crippen molar-refractivity contribution in [2.24, 2.45) is 0 Å². The van der Waals surface area contributed by atoms with Gasteiger partial charge in [0.25, 0.3) is 0 Å². The third-order valence-corrected chi connectivity index (χ3v) is 4.29. The van der Waals surface area contributed by atoms with Crippen molar-refractivity contribution in [2.45, 2.75) is 18.9 Å². The number of benzene rings is 2. The molecule has 0 saturated carbocycles. The molecule has 0 fully saturated rings. The molecule has 0 spiro atoms. The molecule has 19 heavy (non-hydrogen) atoms. The van der Waals surface area contributed by atoms with E-state index in [-0.39, 0.29) is 5.82 Å². The molecule has 2 aromatic carbocycles. The molecule has 0 aromatic heterocycles. The highest BCUT2D eigenvalue weighted by atomic mass is 79.9. The fourth-order valence-corrected chi connectivity index (χ4v) is 3.18. The molecular weight excluding hydrogens is 375 g/mol. The van der Waals surface area contributed by atoms with E-state index >= 15 is 0 Å². The van der Waals surface area contributed by atoms with E-state index in [2.05, 4.69) is 31.9 Å². The highest BCUT2D eigenvalue weighted by Crippen LogP contribution is 2.31. The van der Waals surface area contributed by atoms with E-state index in [1.54, 1.807) is 19.1 Å². The number of aliphatic hydroxyl groups is 1. The van der Waals surface area contributed by atoms with Gasteiger partial charge in [-0.15, -0.1) is 0 Å². The van der Waals surface area contributed by atoms with Crippen LogP contribution in [0, 0.1) is 5.82 Å². The molecule has 0 aliphatic carbocycles. The maximum Gasteiger partial charge on any atom is 0.137 e. The normalized spacial score (nSPS) is 14.2. The van der Waals surface area contributed by atoms with Crippen LogP contribution in [0.3, 0.4) is 0 Å². The van der Waals surface area contributed by atoms with Crippen LogP contribution in [0.25, 0.3) is 0 Å². The van der Waals surface area contributed by atoms with Crippen molar-refractivity contribution >= 4 is 31.9 Å². The summed E-state index contributed by atoms with van der Waals surface area (Å²) in [4.78, 5) is 0. The molecule has 0 saturated heterocycles. The van der Waals surface area contributed by atoms with Crippen molar-refractivity contribution in [3.05, 3.63) is 68.4 Å². The van der Waals surface area contributed by atoms with E-state index in [1.807, 2.05) is 24.3 Å². The third kappa shape index (κ3) is 3.44. The molecule has 0 aliphatic heterocycles. The second-order valence-corrected chi connectivity index (χ2v) is 6.39. The molecule has 0 heterocycles. The van der Waals surface area contributed by atoms with Crippen molar-refractivity contribution in [3.63, 3.8) is 0 Å². The van der Waals surface area contributed by atoms with E-state index in [1.165, 1.54) is 6.07 Å². The van der Waals surface area contributed by atoms with Crippen LogP contribution in [-0.2, 0) is 12.0 Å². The van der Waals surface area contributed by atoms with Crippen LogP contribution in [-0.4, -0.2) is 5.11 Å². The van der Waals surface area contributed by atoms with Gasteiger partial charge < -0.3 is 5.11 Å². The Hall–Kier alpha value is -0.710. The average molecular weight is 388 g/mol. The monoisotopic (exact) mass is 386 g/mol. The zero-order chi connectivity index (χ0) is 14.0. The van der Waals surface area contributed by atoms with Crippen molar-refractivity contribution in [1.29, 1.82) is 0 Å². The Kier molecular flexibility index (Phi) is 4.43. The van der Waals surface area contributed by atoms with Gasteiger partial charge in [0.2, 0.25) is 0 Å². The van der Waals surface area contributed by atoms with Gasteiger partial charge in [-0.2, -0.15) is 0 Å². The van der Waals surface area contributed by atoms with Crippen LogP contribution in [0.1, 0.15) is 18.1 Å². The lowest BCUT2D eigenvalue weighted by Crippen LogP contribution is -2.24. The topological polar surface area (TPSA) is 20.2 Å². The minimum atomic E-state index is -1.02. The molecule has 1 nitrogen and oxygen atoms in total. The molecule has 0 aliphatic rings. The fraction of sp³-hybridized carbons (Fsp3) is 0.200. The minimum Gasteiger partial charge on any atom is -0.385 e. The Balaban J connectivity index is 2.31. The lowest BCUT2D eigenvalue weighted by Gasteiger charge is -2.25. The predicted octanol–water partition coefficient (Wildman–Crippen LogP) is 4.80. The lowest BCUT2D eigenvalue weighted by atomic mass is 9.89. The van der Waals surface area contributed by atoms with Gasteiger partial charge in [0.1, 0.15) is 5.82 Å². The van der Waals surface area contributed by atoms with Crippen molar-refractivity contribution in [3.8, 4) is 0 Å². The number of hydrogen-bond acceptors (Lipinski definition) is 1. The van der Waals surface area contributed by atoms with Crippen LogP contribution < -0.4 is 0 Å². The van der Waals surface area contributed by atoms with E-state index in [4.69, 9.17) is 0 Å². The van der Waals surface area contributed by atoms with E-state index in [0.717, 1.165) is 15.6 Å². The molecule has 2 aromatic rings. The summed E-state index contributed by atoms with van der Waals surface area (Å²) in [6.07, 6.45) is 0.411. The molecule has 100 valence electrons. The molecule has 0 amide bonds. The Morgan fingerprint density at radius 3 is 2.42 bits per heavy atom. The van der Waals surface area contributed by atoms with Gasteiger partial charge in [0.05, 0.1) is 10.1 Å². The summed E-state index contributed by atoms with van der Waals surface area (Å²) in [5, 5.41) is 10.6. The predicted molar refractivity (Wildman–Crippen MR) is 81.5 cm³/mol. The van der Waals surface area contributed by atoms with Crippen LogP contribution >= 0.6 is 31.9 Å². The summed E-state index contributed by atoms with van der Waals surface area (Å²) in [5.74, 6) is -0.302. The summed E-state index contributed by atoms with van der Waals surface area (Å²) in [6, 6.07) is 12.3. The van der Waals surface area contributed by atoms with Gasteiger partial charge in [-0.25, -0.2) is 4.39 Å². The summed E-state index contributed by atoms with van der Waals surface area (Å²) in [7, 11) is 0. The first-order chi connectivity index (χ1) is 8.90. The first-order valence-electron chi connectivity index (χ1n) is 5.81. The molecule has 0 bridgehead atoms. The first kappa shape index (κ1) is 14.7. The number of hydrogen-bond donors (Lipinski definition) is 1. The molecule has 1 unspecified atom stereocenters. The van der Waals surface area contributed by atoms with Gasteiger partial charge in [0.15, 0.2) is 0 Å². The maximum absolute atomic E-state index is 13.2. The van der Waals surface area contributed by atoms with Gasteiger partial charge in [-0.1, -0.05) is 40.2 Å². The van der Waals surface area contributed by atoms with Gasteiger partial charge in [-0.3, -0.25) is 0 Å². The van der Waals surface area contributed by atoms with E-state index in [0.29, 0.717) is 10.9 Å². The van der Waals surface area contributed by atoms with Crippen LogP contribution in [0.5, 0.6) is 0 Å². The Morgan fingerprint density at radius 2 is 1.79 bits per heavy atom. The molecule has 2 rings (SSSR count). The summed E-state index contributed by atoms with van der Waals surface area (Å²) in [5.41, 5.74) is 0.668. The second kappa shape index (κ2) is 5.73. The number of rotatable bonds is 3. The molecule has 1 N–H and O–H groups in total. The molecular formula is C15H13Br2FO. The largest absolute Gasteiger partial charge is 0.385 e. The zero-order valence-electron chi connectivity index (χ0n) is 10.3. The van der Waals surface area contributed by atoms with Gasteiger partial charge >= 0.3 is 0 Å². The highest BCUT2D eigenvalue weighted by Gasteiger charge is 2.25. The Labute approximate surface area is 128 Å². The molecule has 4 heteroatoms. The summed E-state index contributed by atoms with van der Waals surface area (Å²) < 4.78 is 14.5. The van der Waals surface area contributed by atoms with Crippen molar-refractivity contribution in [1.82, 2.24) is 0 Å². The zero-order valence-corrected chi connectivity index (χ0v) is 13.5. The van der Waals surface area contributed by atoms with Crippen LogP contribution in [0.15, 0.2) is 51.4 Å². The van der Waals surface area contributed by atoms with Gasteiger partial charge in [0, 0.05) is 10.9 Å². The SMILES string of the molecule is CC(O)(Cc1ccc(F)c(Br)c1)c1ccccc1Br. The molecule has 0 radical (unpaired) electrons. The second-order valence-electron chi connectivity index (χ2n) is 4.68. The number of halogens is 3. The highest BCUT2D eigenvalue weighted by molar-refractivity contribution is 9.10. The van der Waals surface area contributed by atoms with E-state index in [9.17, 15) is 9.50 Å². The maximum atomic E-state index is 13.2. The third-order valence-electron chi connectivity index (χ3n) is 2.99. The fourth-order valence-electron chi connectivity index (χ4n) is 2.04. The minimum absolute atomic E-state index is 0.302. The van der Waals surface area contributed by atoms with E-state index < -0.39 is 5.60 Å². The van der Waals surface area contributed by atoms with Crippen molar-refractivity contribution < 1.29 is 9.50 Å². The van der Waals surface area contributed by atoms with Gasteiger partial charge in [-0.05, 0) is 52.2 Å². The molecule has 1 atom stereocenters. The summed E-state index contributed by atoms with van der Waals surface area (Å²) >= 11 is 6.60. The van der Waals surface area contributed by atoms with Crippen LogP contribution in [0.4, 0.5) is 4.39 Å². The standard InChI is InChI=1S/C15H13Br2FO/c1-15(19,11-4-2-3-5-12(11)16)9-10-6-7-14(18)13(17)8-10/h2-8,19H,9H2,1H3. The first-order valence-corrected chi connectivity index (χ1v) is 7.40. The lowest BCUT2D eigenvalue weighted by molar-refractivity contribution is 0.0568. The van der Waals surface area contributed by atoms with Crippen LogP contribution in [0.2, 0.25) is 0 Å². The van der Waals surface area contributed by atoms with Crippen molar-refractivity contribution in [2.75, 3.05) is 0 Å². The average Bonchev–Trinajstić information content (AvgIpc) is 2.34.